The van der Waals surface area contributed by atoms with E-state index >= 15 is 0 Å². The van der Waals surface area contributed by atoms with Gasteiger partial charge in [0.2, 0.25) is 0 Å². The van der Waals surface area contributed by atoms with Crippen molar-refractivity contribution in [1.82, 2.24) is 0 Å². The molecule has 5 heteroatoms. The van der Waals surface area contributed by atoms with Gasteiger partial charge in [0.15, 0.2) is 0 Å². The summed E-state index contributed by atoms with van der Waals surface area (Å²) in [5.41, 5.74) is 6.80. The second-order valence-electron chi connectivity index (χ2n) is 3.02. The Morgan fingerprint density at radius 3 is 2.80 bits per heavy atom. The first-order valence-corrected chi connectivity index (χ1v) is 5.02. The molecule has 0 saturated carbocycles. The molecule has 0 aliphatic carbocycles. The van der Waals surface area contributed by atoms with Crippen LogP contribution in [-0.2, 0) is 6.61 Å². The average Bonchev–Trinajstić information content (AvgIpc) is 2.27. The summed E-state index contributed by atoms with van der Waals surface area (Å²) in [6, 6.07) is 3.43. The van der Waals surface area contributed by atoms with E-state index in [1.807, 2.05) is 0 Å². The second kappa shape index (κ2) is 5.80. The molecular formula is C10H15ClN2O2. The van der Waals surface area contributed by atoms with Crippen LogP contribution >= 0.6 is 11.6 Å². The molecule has 4 nitrogen and oxygen atoms in total. The van der Waals surface area contributed by atoms with Crippen LogP contribution in [0.2, 0.25) is 5.02 Å². The molecule has 0 bridgehead atoms. The Morgan fingerprint density at radius 1 is 1.53 bits per heavy atom. The third-order valence-corrected chi connectivity index (χ3v) is 2.31. The number of nitrogens with two attached hydrogens (primary N) is 1. The molecule has 84 valence electrons. The Hall–Kier alpha value is -0.970. The van der Waals surface area contributed by atoms with Gasteiger partial charge >= 0.3 is 0 Å². The van der Waals surface area contributed by atoms with E-state index in [1.54, 1.807) is 19.2 Å². The van der Waals surface area contributed by atoms with Crippen LogP contribution < -0.4 is 15.8 Å². The number of aliphatic hydroxyl groups excluding tert-OH is 1. The molecule has 0 aliphatic heterocycles. The van der Waals surface area contributed by atoms with Crippen LogP contribution in [-0.4, -0.2) is 25.3 Å². The molecule has 0 aromatic heterocycles. The highest BCUT2D eigenvalue weighted by Gasteiger charge is 2.07. The predicted molar refractivity (Wildman–Crippen MR) is 61.5 cm³/mol. The zero-order valence-electron chi connectivity index (χ0n) is 8.59. The summed E-state index contributed by atoms with van der Waals surface area (Å²) in [6.45, 7) is 1.07. The average molecular weight is 231 g/mol. The molecule has 0 spiro atoms. The van der Waals surface area contributed by atoms with Crippen molar-refractivity contribution in [1.29, 1.82) is 0 Å². The maximum atomic E-state index is 9.06. The standard InChI is InChI=1S/C10H15ClN2O2/c1-15-10-5-9(13-3-2-12)8(11)4-7(10)6-14/h4-5,13-14H,2-3,6,12H2,1H3. The highest BCUT2D eigenvalue weighted by molar-refractivity contribution is 6.33. The number of halogens is 1. The van der Waals surface area contributed by atoms with Gasteiger partial charge in [-0.1, -0.05) is 11.6 Å². The van der Waals surface area contributed by atoms with Gasteiger partial charge in [-0.3, -0.25) is 0 Å². The van der Waals surface area contributed by atoms with Gasteiger partial charge in [-0.15, -0.1) is 0 Å². The van der Waals surface area contributed by atoms with E-state index in [1.165, 1.54) is 0 Å². The quantitative estimate of drug-likeness (QED) is 0.712. The van der Waals surface area contributed by atoms with E-state index in [-0.39, 0.29) is 6.61 Å². The number of rotatable bonds is 5. The lowest BCUT2D eigenvalue weighted by molar-refractivity contribution is 0.274. The summed E-state index contributed by atoms with van der Waals surface area (Å²) < 4.78 is 5.12. The van der Waals surface area contributed by atoms with Crippen LogP contribution in [0.4, 0.5) is 5.69 Å². The summed E-state index contributed by atoms with van der Waals surface area (Å²) >= 11 is 6.00. The number of hydrogen-bond acceptors (Lipinski definition) is 4. The lowest BCUT2D eigenvalue weighted by Gasteiger charge is -2.12. The molecule has 15 heavy (non-hydrogen) atoms. The Labute approximate surface area is 94.0 Å². The summed E-state index contributed by atoms with van der Waals surface area (Å²) in [7, 11) is 1.55. The van der Waals surface area contributed by atoms with Crippen molar-refractivity contribution in [3.05, 3.63) is 22.7 Å². The maximum absolute atomic E-state index is 9.06. The van der Waals surface area contributed by atoms with Crippen LogP contribution in [0.5, 0.6) is 5.75 Å². The van der Waals surface area contributed by atoms with Gasteiger partial charge < -0.3 is 20.9 Å². The topological polar surface area (TPSA) is 67.5 Å². The smallest absolute Gasteiger partial charge is 0.126 e. The third-order valence-electron chi connectivity index (χ3n) is 2.00. The van der Waals surface area contributed by atoms with Crippen molar-refractivity contribution >= 4 is 17.3 Å². The second-order valence-corrected chi connectivity index (χ2v) is 3.42. The fourth-order valence-electron chi connectivity index (χ4n) is 1.25. The molecule has 0 atom stereocenters. The number of anilines is 1. The molecule has 0 radical (unpaired) electrons. The highest BCUT2D eigenvalue weighted by Crippen LogP contribution is 2.30. The monoisotopic (exact) mass is 230 g/mol. The first-order valence-electron chi connectivity index (χ1n) is 4.64. The van der Waals surface area contributed by atoms with Crippen LogP contribution in [0.3, 0.4) is 0 Å². The zero-order chi connectivity index (χ0) is 11.3. The van der Waals surface area contributed by atoms with Crippen molar-refractivity contribution in [2.24, 2.45) is 5.73 Å². The first-order chi connectivity index (χ1) is 7.22. The molecule has 0 fully saturated rings. The number of methoxy groups -OCH3 is 1. The molecule has 0 unspecified atom stereocenters. The van der Waals surface area contributed by atoms with Crippen LogP contribution in [0, 0.1) is 0 Å². The van der Waals surface area contributed by atoms with E-state index in [0.29, 0.717) is 29.4 Å². The summed E-state index contributed by atoms with van der Waals surface area (Å²) in [6.07, 6.45) is 0. The minimum absolute atomic E-state index is 0.0972. The molecular weight excluding hydrogens is 216 g/mol. The fourth-order valence-corrected chi connectivity index (χ4v) is 1.50. The molecule has 1 aromatic rings. The summed E-state index contributed by atoms with van der Waals surface area (Å²) in [5, 5.41) is 12.7. The number of ether oxygens (including phenoxy) is 1. The van der Waals surface area contributed by atoms with Crippen molar-refractivity contribution in [3.63, 3.8) is 0 Å². The van der Waals surface area contributed by atoms with Crippen LogP contribution in [0.15, 0.2) is 12.1 Å². The molecule has 0 aliphatic rings. The zero-order valence-corrected chi connectivity index (χ0v) is 9.34. The largest absolute Gasteiger partial charge is 0.496 e. The van der Waals surface area contributed by atoms with Gasteiger partial charge in [0, 0.05) is 24.7 Å². The van der Waals surface area contributed by atoms with Gasteiger partial charge in [0.05, 0.1) is 24.4 Å². The molecule has 1 rings (SSSR count). The van der Waals surface area contributed by atoms with Crippen molar-refractivity contribution in [3.8, 4) is 5.75 Å². The van der Waals surface area contributed by atoms with Crippen molar-refractivity contribution in [2.75, 3.05) is 25.5 Å². The summed E-state index contributed by atoms with van der Waals surface area (Å²) in [5.74, 6) is 0.612. The van der Waals surface area contributed by atoms with Gasteiger partial charge in [-0.05, 0) is 6.07 Å². The lowest BCUT2D eigenvalue weighted by Crippen LogP contribution is -2.13. The van der Waals surface area contributed by atoms with Crippen LogP contribution in [0.25, 0.3) is 0 Å². The van der Waals surface area contributed by atoms with Crippen molar-refractivity contribution in [2.45, 2.75) is 6.61 Å². The minimum Gasteiger partial charge on any atom is -0.496 e. The maximum Gasteiger partial charge on any atom is 0.126 e. The number of benzene rings is 1. The van der Waals surface area contributed by atoms with Gasteiger partial charge in [-0.2, -0.15) is 0 Å². The Bertz CT molecular complexity index is 331. The number of nitrogens with one attached hydrogen (secondary N) is 1. The van der Waals surface area contributed by atoms with Crippen molar-refractivity contribution < 1.29 is 9.84 Å². The van der Waals surface area contributed by atoms with E-state index in [9.17, 15) is 0 Å². The fraction of sp³-hybridized carbons (Fsp3) is 0.400. The van der Waals surface area contributed by atoms with E-state index in [2.05, 4.69) is 5.32 Å². The Kier molecular flexibility index (Phi) is 4.68. The van der Waals surface area contributed by atoms with E-state index in [0.717, 1.165) is 5.69 Å². The third kappa shape index (κ3) is 2.99. The molecule has 1 aromatic carbocycles. The molecule has 0 saturated heterocycles. The van der Waals surface area contributed by atoms with Gasteiger partial charge in [-0.25, -0.2) is 0 Å². The normalized spacial score (nSPS) is 10.1. The Morgan fingerprint density at radius 2 is 2.27 bits per heavy atom. The predicted octanol–water partition coefficient (Wildman–Crippen LogP) is 1.21. The number of aliphatic hydroxyl groups is 1. The molecule has 0 amide bonds. The highest BCUT2D eigenvalue weighted by atomic mass is 35.5. The first kappa shape index (κ1) is 12.1. The number of hydrogen-bond donors (Lipinski definition) is 3. The molecule has 0 heterocycles. The SMILES string of the molecule is COc1cc(NCCN)c(Cl)cc1CO. The van der Waals surface area contributed by atoms with E-state index in [4.69, 9.17) is 27.2 Å². The Balaban J connectivity index is 2.97. The lowest BCUT2D eigenvalue weighted by atomic mass is 10.2. The summed E-state index contributed by atoms with van der Waals surface area (Å²) in [4.78, 5) is 0. The van der Waals surface area contributed by atoms with Crippen LogP contribution in [0.1, 0.15) is 5.56 Å². The van der Waals surface area contributed by atoms with Gasteiger partial charge in [0.25, 0.3) is 0 Å². The molecule has 4 N–H and O–H groups in total. The minimum atomic E-state index is -0.0972. The van der Waals surface area contributed by atoms with Gasteiger partial charge in [0.1, 0.15) is 5.75 Å². The van der Waals surface area contributed by atoms with E-state index < -0.39 is 0 Å².